The fourth-order valence-corrected chi connectivity index (χ4v) is 6.24. The van der Waals surface area contributed by atoms with Crippen LogP contribution in [0.2, 0.25) is 0 Å². The third kappa shape index (κ3) is 5.56. The van der Waals surface area contributed by atoms with Crippen molar-refractivity contribution in [2.75, 3.05) is 4.90 Å². The van der Waals surface area contributed by atoms with Gasteiger partial charge in [0.05, 0.1) is 33.8 Å². The van der Waals surface area contributed by atoms with Crippen molar-refractivity contribution in [1.29, 1.82) is 0 Å². The van der Waals surface area contributed by atoms with E-state index in [2.05, 4.69) is 150 Å². The number of hydrogen-bond donors (Lipinski definition) is 0. The van der Waals surface area contributed by atoms with Crippen molar-refractivity contribution in [3.05, 3.63) is 188 Å². The largest absolute Gasteiger partial charge is 0.309 e. The Hall–Kier alpha value is -6.32. The van der Waals surface area contributed by atoms with Gasteiger partial charge in [0.15, 0.2) is 0 Å². The zero-order valence-corrected chi connectivity index (χ0v) is 25.7. The summed E-state index contributed by atoms with van der Waals surface area (Å²) in [6.45, 7) is 0. The molecule has 0 aliphatic heterocycles. The first kappa shape index (κ1) is 28.2. The third-order valence-corrected chi connectivity index (χ3v) is 8.48. The van der Waals surface area contributed by atoms with Crippen molar-refractivity contribution >= 4 is 28.1 Å². The van der Waals surface area contributed by atoms with E-state index in [4.69, 9.17) is 9.97 Å². The summed E-state index contributed by atoms with van der Waals surface area (Å²) in [6.07, 6.45) is 0. The molecule has 7 aromatic carbocycles. The van der Waals surface area contributed by atoms with E-state index in [0.717, 1.165) is 61.7 Å². The Morgan fingerprint density at radius 3 is 1.13 bits per heavy atom. The van der Waals surface area contributed by atoms with Crippen LogP contribution in [0.1, 0.15) is 0 Å². The summed E-state index contributed by atoms with van der Waals surface area (Å²) in [5.74, 6) is 0. The minimum atomic E-state index is 0.863. The molecule has 3 heteroatoms. The predicted molar refractivity (Wildman–Crippen MR) is 196 cm³/mol. The number of anilines is 3. The van der Waals surface area contributed by atoms with Crippen LogP contribution < -0.4 is 4.90 Å². The molecule has 0 saturated carbocycles. The van der Waals surface area contributed by atoms with Crippen LogP contribution in [0.3, 0.4) is 0 Å². The van der Waals surface area contributed by atoms with E-state index < -0.39 is 0 Å². The molecule has 1 aromatic heterocycles. The van der Waals surface area contributed by atoms with E-state index in [1.54, 1.807) is 0 Å². The number of rotatable bonds is 7. The molecule has 0 saturated heterocycles. The van der Waals surface area contributed by atoms with Crippen molar-refractivity contribution < 1.29 is 0 Å². The second-order valence-corrected chi connectivity index (χ2v) is 11.4. The lowest BCUT2D eigenvalue weighted by Crippen LogP contribution is -2.12. The van der Waals surface area contributed by atoms with Gasteiger partial charge in [-0.3, -0.25) is 0 Å². The number of para-hydroxylation sites is 4. The van der Waals surface area contributed by atoms with Gasteiger partial charge in [0.2, 0.25) is 0 Å². The van der Waals surface area contributed by atoms with Crippen LogP contribution >= 0.6 is 0 Å². The number of aromatic nitrogens is 2. The molecule has 3 nitrogen and oxygen atoms in total. The molecular formula is C44H31N3. The van der Waals surface area contributed by atoms with Gasteiger partial charge in [0.25, 0.3) is 0 Å². The van der Waals surface area contributed by atoms with Crippen molar-refractivity contribution in [2.24, 2.45) is 0 Å². The van der Waals surface area contributed by atoms with Gasteiger partial charge in [0.1, 0.15) is 0 Å². The highest BCUT2D eigenvalue weighted by Crippen LogP contribution is 2.45. The van der Waals surface area contributed by atoms with E-state index in [9.17, 15) is 0 Å². The van der Waals surface area contributed by atoms with Gasteiger partial charge < -0.3 is 4.90 Å². The highest BCUT2D eigenvalue weighted by molar-refractivity contribution is 5.94. The predicted octanol–water partition coefficient (Wildman–Crippen LogP) is 11.8. The molecule has 0 spiro atoms. The summed E-state index contributed by atoms with van der Waals surface area (Å²) in [6, 6.07) is 65.6. The zero-order chi connectivity index (χ0) is 31.4. The van der Waals surface area contributed by atoms with Crippen LogP contribution in [-0.2, 0) is 0 Å². The van der Waals surface area contributed by atoms with Gasteiger partial charge in [-0.2, -0.15) is 0 Å². The third-order valence-electron chi connectivity index (χ3n) is 8.48. The fourth-order valence-electron chi connectivity index (χ4n) is 6.24. The van der Waals surface area contributed by atoms with Crippen molar-refractivity contribution in [3.63, 3.8) is 0 Å². The monoisotopic (exact) mass is 601 g/mol. The maximum Gasteiger partial charge on any atom is 0.0973 e. The first-order valence-electron chi connectivity index (χ1n) is 15.9. The lowest BCUT2D eigenvalue weighted by Gasteiger charge is -2.30. The van der Waals surface area contributed by atoms with Gasteiger partial charge in [-0.1, -0.05) is 152 Å². The molecule has 8 rings (SSSR count). The standard InChI is InChI=1S/C44H31N3/c1-4-16-32(17-5-1)37-22-10-14-26-41(37)47(42-27-15-11-23-38(42)33-18-6-2-7-19-33)36-30-28-35(29-31-36)44-43(34-20-8-3-9-21-34)45-39-24-12-13-25-40(39)46-44/h1-31H. The molecule has 1 heterocycles. The van der Waals surface area contributed by atoms with Gasteiger partial charge in [-0.25, -0.2) is 9.97 Å². The molecule has 0 unspecified atom stereocenters. The number of benzene rings is 7. The zero-order valence-electron chi connectivity index (χ0n) is 25.7. The van der Waals surface area contributed by atoms with Crippen LogP contribution in [0.25, 0.3) is 55.8 Å². The summed E-state index contributed by atoms with van der Waals surface area (Å²) in [5, 5.41) is 0. The number of hydrogen-bond acceptors (Lipinski definition) is 3. The first-order valence-corrected chi connectivity index (χ1v) is 15.9. The quantitative estimate of drug-likeness (QED) is 0.182. The van der Waals surface area contributed by atoms with E-state index in [1.807, 2.05) is 42.5 Å². The summed E-state index contributed by atoms with van der Waals surface area (Å²) < 4.78 is 0. The highest BCUT2D eigenvalue weighted by Gasteiger charge is 2.21. The minimum Gasteiger partial charge on any atom is -0.309 e. The van der Waals surface area contributed by atoms with Crippen molar-refractivity contribution in [1.82, 2.24) is 9.97 Å². The van der Waals surface area contributed by atoms with Crippen molar-refractivity contribution in [3.8, 4) is 44.8 Å². The normalized spacial score (nSPS) is 11.0. The lowest BCUT2D eigenvalue weighted by molar-refractivity contribution is 1.27. The SMILES string of the molecule is c1ccc(-c2ccccc2N(c2ccc(-c3nc4ccccc4nc3-c3ccccc3)cc2)c2ccccc2-c2ccccc2)cc1. The number of nitrogens with zero attached hydrogens (tertiary/aromatic N) is 3. The summed E-state index contributed by atoms with van der Waals surface area (Å²) >= 11 is 0. The Balaban J connectivity index is 1.31. The van der Waals surface area contributed by atoms with E-state index in [0.29, 0.717) is 0 Å². The minimum absolute atomic E-state index is 0.863. The second kappa shape index (κ2) is 12.6. The molecule has 222 valence electrons. The molecule has 0 aliphatic carbocycles. The number of fused-ring (bicyclic) bond motifs is 1. The maximum atomic E-state index is 5.14. The van der Waals surface area contributed by atoms with E-state index in [1.165, 1.54) is 11.1 Å². The molecular weight excluding hydrogens is 571 g/mol. The Morgan fingerprint density at radius 1 is 0.298 bits per heavy atom. The Labute approximate surface area is 275 Å². The van der Waals surface area contributed by atoms with Gasteiger partial charge in [0, 0.05) is 27.9 Å². The molecule has 0 bridgehead atoms. The molecule has 0 amide bonds. The fraction of sp³-hybridized carbons (Fsp3) is 0. The average molecular weight is 602 g/mol. The van der Waals surface area contributed by atoms with E-state index >= 15 is 0 Å². The Kier molecular flexibility index (Phi) is 7.54. The highest BCUT2D eigenvalue weighted by atomic mass is 15.1. The Bertz CT molecular complexity index is 2200. The first-order chi connectivity index (χ1) is 23.3. The van der Waals surface area contributed by atoms with Crippen molar-refractivity contribution in [2.45, 2.75) is 0 Å². The molecule has 8 aromatic rings. The topological polar surface area (TPSA) is 29.0 Å². The van der Waals surface area contributed by atoms with Gasteiger partial charge in [-0.15, -0.1) is 0 Å². The molecule has 0 aliphatic rings. The molecule has 0 N–H and O–H groups in total. The van der Waals surface area contributed by atoms with E-state index in [-0.39, 0.29) is 0 Å². The maximum absolute atomic E-state index is 5.14. The smallest absolute Gasteiger partial charge is 0.0973 e. The summed E-state index contributed by atoms with van der Waals surface area (Å²) in [5.41, 5.74) is 13.5. The molecule has 0 radical (unpaired) electrons. The van der Waals surface area contributed by atoms with Crippen LogP contribution in [0.5, 0.6) is 0 Å². The molecule has 47 heavy (non-hydrogen) atoms. The lowest BCUT2D eigenvalue weighted by atomic mass is 9.98. The van der Waals surface area contributed by atoms with Gasteiger partial charge >= 0.3 is 0 Å². The average Bonchev–Trinajstić information content (AvgIpc) is 3.16. The Morgan fingerprint density at radius 2 is 0.660 bits per heavy atom. The molecule has 0 atom stereocenters. The molecule has 0 fully saturated rings. The van der Waals surface area contributed by atoms with Crippen LogP contribution in [-0.4, -0.2) is 9.97 Å². The van der Waals surface area contributed by atoms with Gasteiger partial charge in [-0.05, 0) is 47.5 Å². The van der Waals surface area contributed by atoms with Crippen LogP contribution in [0, 0.1) is 0 Å². The van der Waals surface area contributed by atoms with Crippen LogP contribution in [0.15, 0.2) is 188 Å². The van der Waals surface area contributed by atoms with Crippen LogP contribution in [0.4, 0.5) is 17.1 Å². The summed E-state index contributed by atoms with van der Waals surface area (Å²) in [4.78, 5) is 12.6. The summed E-state index contributed by atoms with van der Waals surface area (Å²) in [7, 11) is 0. The second-order valence-electron chi connectivity index (χ2n) is 11.4.